The van der Waals surface area contributed by atoms with E-state index < -0.39 is 32.5 Å². The normalized spacial score (nSPS) is 12.2. The Morgan fingerprint density at radius 3 is 2.42 bits per heavy atom. The number of nitrogens with two attached hydrogens (primary N) is 1. The number of anilines is 1. The summed E-state index contributed by atoms with van der Waals surface area (Å²) in [6, 6.07) is 6.87. The number of benzene rings is 2. The molecule has 2 rings (SSSR count). The Bertz CT molecular complexity index is 899. The predicted molar refractivity (Wildman–Crippen MR) is 87.3 cm³/mol. The van der Waals surface area contributed by atoms with E-state index in [1.807, 2.05) is 0 Å². The molecule has 0 amide bonds. The number of rotatable bonds is 6. The second kappa shape index (κ2) is 7.60. The van der Waals surface area contributed by atoms with Crippen molar-refractivity contribution in [3.63, 3.8) is 0 Å². The van der Waals surface area contributed by atoms with Crippen molar-refractivity contribution in [1.82, 2.24) is 0 Å². The van der Waals surface area contributed by atoms with Crippen molar-refractivity contribution in [2.24, 2.45) is 5.14 Å². The van der Waals surface area contributed by atoms with Gasteiger partial charge in [-0.05, 0) is 35.9 Å². The quantitative estimate of drug-likeness (QED) is 0.740. The van der Waals surface area contributed by atoms with Crippen molar-refractivity contribution in [3.05, 3.63) is 58.9 Å². The van der Waals surface area contributed by atoms with Crippen LogP contribution in [0.1, 0.15) is 16.7 Å². The summed E-state index contributed by atoms with van der Waals surface area (Å²) in [6.45, 7) is 0.157. The summed E-state index contributed by atoms with van der Waals surface area (Å²) in [7, 11) is -3.11. The Morgan fingerprint density at radius 2 is 1.85 bits per heavy atom. The van der Waals surface area contributed by atoms with Gasteiger partial charge in [-0.3, -0.25) is 0 Å². The fraction of sp³-hybridized carbons (Fsp3) is 0.250. The molecule has 0 saturated heterocycles. The lowest BCUT2D eigenvalue weighted by Gasteiger charge is -2.14. The topological polar surface area (TPSA) is 81.4 Å². The zero-order valence-electron chi connectivity index (χ0n) is 13.6. The first kappa shape index (κ1) is 20.1. The maximum Gasteiger partial charge on any atom is 0.417 e. The molecule has 10 heteroatoms. The van der Waals surface area contributed by atoms with Gasteiger partial charge in [0, 0.05) is 24.9 Å². The molecule has 0 aliphatic carbocycles. The molecule has 2 aromatic rings. The molecule has 3 N–H and O–H groups in total. The SMILES string of the molecule is COCc1cc(CNc2ccc(S(N)(=O)=O)c(C(F)(F)F)c2)ccc1F. The van der Waals surface area contributed by atoms with Crippen LogP contribution in [0.3, 0.4) is 0 Å². The monoisotopic (exact) mass is 392 g/mol. The van der Waals surface area contributed by atoms with Crippen LogP contribution in [0.25, 0.3) is 0 Å². The Morgan fingerprint density at radius 1 is 1.15 bits per heavy atom. The Hall–Kier alpha value is -2.17. The van der Waals surface area contributed by atoms with Crippen LogP contribution in [0, 0.1) is 5.82 Å². The zero-order valence-corrected chi connectivity index (χ0v) is 14.4. The number of primary sulfonamides is 1. The van der Waals surface area contributed by atoms with Crippen LogP contribution in [0.5, 0.6) is 0 Å². The van der Waals surface area contributed by atoms with Gasteiger partial charge in [0.2, 0.25) is 10.0 Å². The van der Waals surface area contributed by atoms with E-state index in [4.69, 9.17) is 9.88 Å². The standard InChI is InChI=1S/C16H16F4N2O3S/c1-25-9-11-6-10(2-4-14(11)17)8-22-12-3-5-15(26(21,23)24)13(7-12)16(18,19)20/h2-7,22H,8-9H2,1H3,(H2,21,23,24). The highest BCUT2D eigenvalue weighted by atomic mass is 32.2. The van der Waals surface area contributed by atoms with Gasteiger partial charge in [-0.2, -0.15) is 13.2 Å². The largest absolute Gasteiger partial charge is 0.417 e. The molecular weight excluding hydrogens is 376 g/mol. The van der Waals surface area contributed by atoms with Crippen molar-refractivity contribution in [2.45, 2.75) is 24.2 Å². The maximum atomic E-state index is 13.6. The summed E-state index contributed by atoms with van der Waals surface area (Å²) >= 11 is 0. The summed E-state index contributed by atoms with van der Waals surface area (Å²) in [4.78, 5) is -1.00. The smallest absolute Gasteiger partial charge is 0.381 e. The van der Waals surface area contributed by atoms with Crippen LogP contribution in [-0.2, 0) is 34.1 Å². The number of halogens is 4. The van der Waals surface area contributed by atoms with E-state index >= 15 is 0 Å². The Balaban J connectivity index is 2.27. The molecule has 0 aromatic heterocycles. The average Bonchev–Trinajstić information content (AvgIpc) is 2.54. The molecule has 0 unspecified atom stereocenters. The van der Waals surface area contributed by atoms with Gasteiger partial charge in [0.05, 0.1) is 17.1 Å². The average molecular weight is 392 g/mol. The van der Waals surface area contributed by atoms with Crippen LogP contribution in [-0.4, -0.2) is 15.5 Å². The summed E-state index contributed by atoms with van der Waals surface area (Å²) in [5.74, 6) is -0.451. The summed E-state index contributed by atoms with van der Waals surface area (Å²) in [5, 5.41) is 7.58. The lowest BCUT2D eigenvalue weighted by molar-refractivity contribution is -0.139. The number of hydrogen-bond acceptors (Lipinski definition) is 4. The number of sulfonamides is 1. The molecule has 0 atom stereocenters. The Labute approximate surface area is 147 Å². The third-order valence-corrected chi connectivity index (χ3v) is 4.47. The van der Waals surface area contributed by atoms with Gasteiger partial charge in [-0.15, -0.1) is 0 Å². The molecule has 5 nitrogen and oxygen atoms in total. The van der Waals surface area contributed by atoms with Gasteiger partial charge in [-0.25, -0.2) is 17.9 Å². The fourth-order valence-corrected chi connectivity index (χ4v) is 3.06. The second-order valence-corrected chi connectivity index (χ2v) is 7.00. The maximum absolute atomic E-state index is 13.6. The van der Waals surface area contributed by atoms with E-state index in [0.717, 1.165) is 6.07 Å². The fourth-order valence-electron chi connectivity index (χ4n) is 2.32. The molecule has 0 spiro atoms. The van der Waals surface area contributed by atoms with Gasteiger partial charge in [0.1, 0.15) is 5.82 Å². The van der Waals surface area contributed by atoms with Crippen molar-refractivity contribution >= 4 is 15.7 Å². The molecule has 0 aliphatic rings. The van der Waals surface area contributed by atoms with Gasteiger partial charge in [0.25, 0.3) is 0 Å². The molecule has 142 valence electrons. The van der Waals surface area contributed by atoms with E-state index in [0.29, 0.717) is 17.2 Å². The number of ether oxygens (including phenoxy) is 1. The van der Waals surface area contributed by atoms with Gasteiger partial charge >= 0.3 is 6.18 Å². The highest BCUT2D eigenvalue weighted by molar-refractivity contribution is 7.89. The minimum absolute atomic E-state index is 0.0438. The molecule has 0 saturated carbocycles. The van der Waals surface area contributed by atoms with E-state index in [1.54, 1.807) is 0 Å². The lowest BCUT2D eigenvalue weighted by Crippen LogP contribution is -2.19. The van der Waals surface area contributed by atoms with E-state index in [1.165, 1.54) is 31.4 Å². The minimum atomic E-state index is -4.89. The molecule has 0 radical (unpaired) electrons. The first-order valence-electron chi connectivity index (χ1n) is 7.26. The third-order valence-electron chi connectivity index (χ3n) is 3.50. The lowest BCUT2D eigenvalue weighted by atomic mass is 10.1. The molecule has 0 fully saturated rings. The van der Waals surface area contributed by atoms with E-state index in [9.17, 15) is 26.0 Å². The van der Waals surface area contributed by atoms with Crippen LogP contribution in [0.15, 0.2) is 41.3 Å². The second-order valence-electron chi connectivity index (χ2n) is 5.47. The minimum Gasteiger partial charge on any atom is -0.381 e. The summed E-state index contributed by atoms with van der Waals surface area (Å²) in [5.41, 5.74) is -0.388. The van der Waals surface area contributed by atoms with Gasteiger partial charge in [-0.1, -0.05) is 6.07 Å². The van der Waals surface area contributed by atoms with Gasteiger partial charge < -0.3 is 10.1 Å². The Kier molecular flexibility index (Phi) is 5.89. The molecule has 0 heterocycles. The molecule has 0 bridgehead atoms. The first-order valence-corrected chi connectivity index (χ1v) is 8.81. The number of nitrogens with one attached hydrogen (secondary N) is 1. The van der Waals surface area contributed by atoms with Crippen molar-refractivity contribution in [1.29, 1.82) is 0 Å². The summed E-state index contributed by atoms with van der Waals surface area (Å²) < 4.78 is 80.4. The molecular formula is C16H16F4N2O3S. The number of alkyl halides is 3. The van der Waals surface area contributed by atoms with E-state index in [-0.39, 0.29) is 18.8 Å². The van der Waals surface area contributed by atoms with E-state index in [2.05, 4.69) is 5.32 Å². The molecule has 2 aromatic carbocycles. The van der Waals surface area contributed by atoms with Crippen molar-refractivity contribution in [2.75, 3.05) is 12.4 Å². The van der Waals surface area contributed by atoms with Gasteiger partial charge in [0.15, 0.2) is 0 Å². The number of hydrogen-bond donors (Lipinski definition) is 2. The summed E-state index contributed by atoms with van der Waals surface area (Å²) in [6.07, 6.45) is -4.89. The highest BCUT2D eigenvalue weighted by Gasteiger charge is 2.36. The van der Waals surface area contributed by atoms with Crippen LogP contribution < -0.4 is 10.5 Å². The van der Waals surface area contributed by atoms with Crippen molar-refractivity contribution < 1.29 is 30.7 Å². The molecule has 26 heavy (non-hydrogen) atoms. The van der Waals surface area contributed by atoms with Crippen LogP contribution >= 0.6 is 0 Å². The predicted octanol–water partition coefficient (Wildman–Crippen LogP) is 3.25. The van der Waals surface area contributed by atoms with Crippen LogP contribution in [0.2, 0.25) is 0 Å². The zero-order chi connectivity index (χ0) is 19.5. The highest BCUT2D eigenvalue weighted by Crippen LogP contribution is 2.35. The third kappa shape index (κ3) is 4.93. The number of methoxy groups -OCH3 is 1. The first-order chi connectivity index (χ1) is 12.0. The van der Waals surface area contributed by atoms with Crippen LogP contribution in [0.4, 0.5) is 23.2 Å². The molecule has 0 aliphatic heterocycles. The van der Waals surface area contributed by atoms with Crippen molar-refractivity contribution in [3.8, 4) is 0 Å².